The molecule has 0 atom stereocenters. The van der Waals surface area contributed by atoms with Gasteiger partial charge in [-0.1, -0.05) is 12.1 Å². The topological polar surface area (TPSA) is 26.3 Å². The second-order valence-electron chi connectivity index (χ2n) is 2.84. The van der Waals surface area contributed by atoms with E-state index in [4.69, 9.17) is 4.74 Å². The molecule has 2 nitrogen and oxygen atoms in total. The summed E-state index contributed by atoms with van der Waals surface area (Å²) in [4.78, 5) is 10.7. The number of ketones is 1. The molecule has 0 unspecified atom stereocenters. The lowest BCUT2D eigenvalue weighted by molar-refractivity contribution is -0.112. The van der Waals surface area contributed by atoms with Gasteiger partial charge in [0.05, 0.1) is 11.6 Å². The van der Waals surface area contributed by atoms with Crippen LogP contribution in [0.1, 0.15) is 12.5 Å². The minimum absolute atomic E-state index is 0.0342. The molecule has 74 valence electrons. The molecule has 14 heavy (non-hydrogen) atoms. The largest absolute Gasteiger partial charge is 0.496 e. The molecule has 0 N–H and O–H groups in total. The van der Waals surface area contributed by atoms with Gasteiger partial charge in [-0.25, -0.2) is 0 Å². The highest BCUT2D eigenvalue weighted by Gasteiger charge is 1.99. The van der Waals surface area contributed by atoms with Crippen molar-refractivity contribution in [3.63, 3.8) is 0 Å². The number of hydrogen-bond acceptors (Lipinski definition) is 2. The van der Waals surface area contributed by atoms with E-state index >= 15 is 0 Å². The molecule has 0 bridgehead atoms. The second-order valence-corrected chi connectivity index (χ2v) is 3.69. The molecule has 1 rings (SSSR count). The Morgan fingerprint density at radius 1 is 1.50 bits per heavy atom. The minimum atomic E-state index is 0.0342. The highest BCUT2D eigenvalue weighted by molar-refractivity contribution is 9.10. The molecular formula is C11H11BrO2. The zero-order valence-electron chi connectivity index (χ0n) is 8.08. The van der Waals surface area contributed by atoms with E-state index in [0.717, 1.165) is 15.8 Å². The zero-order valence-corrected chi connectivity index (χ0v) is 9.67. The van der Waals surface area contributed by atoms with Crippen LogP contribution in [0.15, 0.2) is 28.7 Å². The van der Waals surface area contributed by atoms with Crippen LogP contribution in [0.4, 0.5) is 0 Å². The van der Waals surface area contributed by atoms with Crippen molar-refractivity contribution in [1.29, 1.82) is 0 Å². The van der Waals surface area contributed by atoms with Crippen LogP contribution < -0.4 is 4.74 Å². The molecule has 0 aliphatic heterocycles. The Kier molecular flexibility index (Phi) is 3.89. The lowest BCUT2D eigenvalue weighted by Crippen LogP contribution is -1.85. The maximum atomic E-state index is 10.7. The number of benzene rings is 1. The van der Waals surface area contributed by atoms with Crippen molar-refractivity contribution < 1.29 is 9.53 Å². The number of ether oxygens (including phenoxy) is 1. The lowest BCUT2D eigenvalue weighted by atomic mass is 10.2. The molecule has 0 radical (unpaired) electrons. The quantitative estimate of drug-likeness (QED) is 0.776. The molecule has 0 aliphatic rings. The maximum absolute atomic E-state index is 10.7. The van der Waals surface area contributed by atoms with E-state index in [9.17, 15) is 4.79 Å². The van der Waals surface area contributed by atoms with Crippen LogP contribution in [-0.4, -0.2) is 12.9 Å². The van der Waals surface area contributed by atoms with Gasteiger partial charge in [-0.3, -0.25) is 4.79 Å². The summed E-state index contributed by atoms with van der Waals surface area (Å²) in [6.45, 7) is 1.52. The fraction of sp³-hybridized carbons (Fsp3) is 0.182. The molecule has 0 amide bonds. The summed E-state index contributed by atoms with van der Waals surface area (Å²) < 4.78 is 6.03. The van der Waals surface area contributed by atoms with E-state index in [0.29, 0.717) is 0 Å². The number of carbonyl (C=O) groups excluding carboxylic acids is 1. The van der Waals surface area contributed by atoms with Crippen LogP contribution >= 0.6 is 15.9 Å². The Bertz CT molecular complexity index is 370. The van der Waals surface area contributed by atoms with Gasteiger partial charge in [0.15, 0.2) is 5.78 Å². The van der Waals surface area contributed by atoms with Gasteiger partial charge in [-0.15, -0.1) is 0 Å². The van der Waals surface area contributed by atoms with Crippen LogP contribution in [0.25, 0.3) is 6.08 Å². The summed E-state index contributed by atoms with van der Waals surface area (Å²) in [6, 6.07) is 5.66. The number of methoxy groups -OCH3 is 1. The SMILES string of the molecule is COc1cc(/C=C/C(C)=O)ccc1Br. The monoisotopic (exact) mass is 254 g/mol. The van der Waals surface area contributed by atoms with Crippen molar-refractivity contribution in [2.45, 2.75) is 6.92 Å². The Labute approximate surface area is 91.7 Å². The van der Waals surface area contributed by atoms with Crippen molar-refractivity contribution in [1.82, 2.24) is 0 Å². The summed E-state index contributed by atoms with van der Waals surface area (Å²) in [6.07, 6.45) is 3.29. The summed E-state index contributed by atoms with van der Waals surface area (Å²) in [5.74, 6) is 0.794. The summed E-state index contributed by atoms with van der Waals surface area (Å²) in [5, 5.41) is 0. The van der Waals surface area contributed by atoms with E-state index in [2.05, 4.69) is 15.9 Å². The van der Waals surface area contributed by atoms with Crippen LogP contribution in [0.3, 0.4) is 0 Å². The molecule has 3 heteroatoms. The van der Waals surface area contributed by atoms with Gasteiger partial charge in [0, 0.05) is 0 Å². The van der Waals surface area contributed by atoms with Crippen LogP contribution in [0.2, 0.25) is 0 Å². The van der Waals surface area contributed by atoms with Gasteiger partial charge in [0.2, 0.25) is 0 Å². The average molecular weight is 255 g/mol. The Morgan fingerprint density at radius 2 is 2.21 bits per heavy atom. The van der Waals surface area contributed by atoms with Crippen molar-refractivity contribution in [2.75, 3.05) is 7.11 Å². The Hall–Kier alpha value is -1.09. The molecule has 0 saturated carbocycles. The van der Waals surface area contributed by atoms with Crippen LogP contribution in [0.5, 0.6) is 5.75 Å². The number of rotatable bonds is 3. The molecule has 0 aliphatic carbocycles. The smallest absolute Gasteiger partial charge is 0.152 e. The van der Waals surface area contributed by atoms with Crippen molar-refractivity contribution >= 4 is 27.8 Å². The first-order valence-corrected chi connectivity index (χ1v) is 4.95. The third-order valence-electron chi connectivity index (χ3n) is 1.69. The van der Waals surface area contributed by atoms with Gasteiger partial charge in [0.1, 0.15) is 5.75 Å². The third kappa shape index (κ3) is 3.00. The number of allylic oxidation sites excluding steroid dienone is 1. The first kappa shape index (κ1) is 11.0. The molecule has 0 saturated heterocycles. The Balaban J connectivity index is 2.95. The van der Waals surface area contributed by atoms with Crippen LogP contribution in [0, 0.1) is 0 Å². The first-order valence-electron chi connectivity index (χ1n) is 4.15. The van der Waals surface area contributed by atoms with Crippen molar-refractivity contribution in [3.8, 4) is 5.75 Å². The molecule has 0 spiro atoms. The minimum Gasteiger partial charge on any atom is -0.496 e. The fourth-order valence-electron chi connectivity index (χ4n) is 0.994. The van der Waals surface area contributed by atoms with Gasteiger partial charge in [-0.05, 0) is 46.6 Å². The molecule has 0 aromatic heterocycles. The predicted molar refractivity (Wildman–Crippen MR) is 60.4 cm³/mol. The molecule has 1 aromatic carbocycles. The van der Waals surface area contributed by atoms with Crippen molar-refractivity contribution in [2.24, 2.45) is 0 Å². The van der Waals surface area contributed by atoms with E-state index in [-0.39, 0.29) is 5.78 Å². The predicted octanol–water partition coefficient (Wildman–Crippen LogP) is 3.06. The third-order valence-corrected chi connectivity index (χ3v) is 2.34. The molecular weight excluding hydrogens is 244 g/mol. The summed E-state index contributed by atoms with van der Waals surface area (Å²) >= 11 is 3.35. The van der Waals surface area contributed by atoms with E-state index in [1.807, 2.05) is 18.2 Å². The second kappa shape index (κ2) is 4.96. The Morgan fingerprint density at radius 3 is 2.79 bits per heavy atom. The molecule has 0 fully saturated rings. The number of hydrogen-bond donors (Lipinski definition) is 0. The van der Waals surface area contributed by atoms with E-state index < -0.39 is 0 Å². The normalized spacial score (nSPS) is 10.5. The highest BCUT2D eigenvalue weighted by Crippen LogP contribution is 2.25. The molecule has 1 aromatic rings. The number of carbonyl (C=O) groups is 1. The first-order chi connectivity index (χ1) is 6.63. The van der Waals surface area contributed by atoms with Gasteiger partial charge >= 0.3 is 0 Å². The maximum Gasteiger partial charge on any atom is 0.152 e. The van der Waals surface area contributed by atoms with E-state index in [1.54, 1.807) is 13.2 Å². The zero-order chi connectivity index (χ0) is 10.6. The summed E-state index contributed by atoms with van der Waals surface area (Å²) in [7, 11) is 1.61. The van der Waals surface area contributed by atoms with E-state index in [1.165, 1.54) is 13.0 Å². The molecule has 0 heterocycles. The van der Waals surface area contributed by atoms with Crippen LogP contribution in [-0.2, 0) is 4.79 Å². The number of halogens is 1. The van der Waals surface area contributed by atoms with Gasteiger partial charge in [0.25, 0.3) is 0 Å². The summed E-state index contributed by atoms with van der Waals surface area (Å²) in [5.41, 5.74) is 0.945. The average Bonchev–Trinajstić information content (AvgIpc) is 2.16. The van der Waals surface area contributed by atoms with Gasteiger partial charge in [-0.2, -0.15) is 0 Å². The fourth-order valence-corrected chi connectivity index (χ4v) is 1.40. The lowest BCUT2D eigenvalue weighted by Gasteiger charge is -2.03. The van der Waals surface area contributed by atoms with Crippen molar-refractivity contribution in [3.05, 3.63) is 34.3 Å². The highest BCUT2D eigenvalue weighted by atomic mass is 79.9. The standard InChI is InChI=1S/C11H11BrO2/c1-8(13)3-4-9-5-6-10(12)11(7-9)14-2/h3-7H,1-2H3/b4-3+. The van der Waals surface area contributed by atoms with Gasteiger partial charge < -0.3 is 4.74 Å².